The molecule has 0 aromatic heterocycles. The maximum Gasteiger partial charge on any atom is 0.243 e. The number of hydrogen-bond acceptors (Lipinski definition) is 2. The molecule has 0 heterocycles. The normalized spacial score (nSPS) is 15.1. The molecule has 1 atom stereocenters. The van der Waals surface area contributed by atoms with Gasteiger partial charge in [-0.2, -0.15) is 0 Å². The largest absolute Gasteiger partial charge is 0.352 e. The minimum Gasteiger partial charge on any atom is -0.352 e. The average molecular weight is 393 g/mol. The third kappa shape index (κ3) is 5.69. The van der Waals surface area contributed by atoms with Gasteiger partial charge in [0, 0.05) is 12.6 Å². The third-order valence-electron chi connectivity index (χ3n) is 5.89. The number of carbonyl (C=O) groups excluding carboxylic acids is 2. The Bertz CT molecular complexity index is 813. The summed E-state index contributed by atoms with van der Waals surface area (Å²) >= 11 is 0. The van der Waals surface area contributed by atoms with Gasteiger partial charge in [-0.25, -0.2) is 0 Å². The number of aryl methyl sites for hydroxylation is 1. The van der Waals surface area contributed by atoms with Crippen molar-refractivity contribution in [1.82, 2.24) is 10.2 Å². The Hall–Kier alpha value is -2.62. The summed E-state index contributed by atoms with van der Waals surface area (Å²) in [5.41, 5.74) is 3.19. The van der Waals surface area contributed by atoms with E-state index in [2.05, 4.69) is 18.3 Å². The summed E-state index contributed by atoms with van der Waals surface area (Å²) in [5.74, 6) is -0.0257. The van der Waals surface area contributed by atoms with Crippen LogP contribution in [0.15, 0.2) is 54.6 Å². The molecule has 154 valence electrons. The number of hydrogen-bond donors (Lipinski definition) is 1. The van der Waals surface area contributed by atoms with E-state index in [0.29, 0.717) is 19.4 Å². The summed E-state index contributed by atoms with van der Waals surface area (Å²) in [7, 11) is 0. The van der Waals surface area contributed by atoms with Crippen LogP contribution in [-0.4, -0.2) is 28.8 Å². The van der Waals surface area contributed by atoms with Gasteiger partial charge in [0.15, 0.2) is 0 Å². The summed E-state index contributed by atoms with van der Waals surface area (Å²) in [4.78, 5) is 28.2. The fourth-order valence-corrected chi connectivity index (χ4v) is 4.13. The van der Waals surface area contributed by atoms with E-state index in [0.717, 1.165) is 29.5 Å². The maximum atomic E-state index is 13.3. The molecule has 2 aromatic rings. The van der Waals surface area contributed by atoms with Crippen LogP contribution in [-0.2, 0) is 22.6 Å². The molecule has 0 aliphatic heterocycles. The molecule has 3 rings (SSSR count). The lowest BCUT2D eigenvalue weighted by Gasteiger charge is -2.32. The van der Waals surface area contributed by atoms with Gasteiger partial charge >= 0.3 is 0 Å². The van der Waals surface area contributed by atoms with Crippen LogP contribution >= 0.6 is 0 Å². The second-order valence-electron chi connectivity index (χ2n) is 8.02. The van der Waals surface area contributed by atoms with Crippen LogP contribution in [0, 0.1) is 6.92 Å². The molecule has 4 heteroatoms. The maximum absolute atomic E-state index is 13.3. The Balaban J connectivity index is 1.82. The van der Waals surface area contributed by atoms with Crippen molar-refractivity contribution in [3.05, 3.63) is 71.3 Å². The molecule has 1 saturated carbocycles. The monoisotopic (exact) mass is 392 g/mol. The van der Waals surface area contributed by atoms with Gasteiger partial charge < -0.3 is 10.2 Å². The number of amides is 2. The lowest BCUT2D eigenvalue weighted by molar-refractivity contribution is -0.141. The summed E-state index contributed by atoms with van der Waals surface area (Å²) in [5, 5.41) is 3.20. The second-order valence-corrected chi connectivity index (χ2v) is 8.02. The Morgan fingerprint density at radius 3 is 2.34 bits per heavy atom. The molecular formula is C25H32N2O2. The SMILES string of the molecule is CCC(C(=O)NC1CCCC1)N(Cc1ccccc1C)C(=O)Cc1ccccc1. The van der Waals surface area contributed by atoms with Crippen molar-refractivity contribution < 1.29 is 9.59 Å². The lowest BCUT2D eigenvalue weighted by atomic mass is 10.0. The highest BCUT2D eigenvalue weighted by Gasteiger charge is 2.30. The smallest absolute Gasteiger partial charge is 0.243 e. The van der Waals surface area contributed by atoms with Gasteiger partial charge in [-0.1, -0.05) is 74.4 Å². The summed E-state index contributed by atoms with van der Waals surface area (Å²) in [6.07, 6.45) is 5.32. The molecule has 4 nitrogen and oxygen atoms in total. The minimum atomic E-state index is -0.452. The minimum absolute atomic E-state index is 0.00660. The van der Waals surface area contributed by atoms with Crippen LogP contribution in [0.25, 0.3) is 0 Å². The van der Waals surface area contributed by atoms with E-state index < -0.39 is 6.04 Å². The highest BCUT2D eigenvalue weighted by molar-refractivity contribution is 5.88. The van der Waals surface area contributed by atoms with Gasteiger partial charge in [0.2, 0.25) is 11.8 Å². The zero-order valence-corrected chi connectivity index (χ0v) is 17.6. The first-order chi connectivity index (χ1) is 14.1. The van der Waals surface area contributed by atoms with Crippen molar-refractivity contribution in [3.8, 4) is 0 Å². The van der Waals surface area contributed by atoms with Crippen LogP contribution in [0.1, 0.15) is 55.7 Å². The van der Waals surface area contributed by atoms with Crippen molar-refractivity contribution in [2.45, 2.75) is 71.0 Å². The van der Waals surface area contributed by atoms with E-state index in [1.54, 1.807) is 4.90 Å². The van der Waals surface area contributed by atoms with Crippen molar-refractivity contribution in [1.29, 1.82) is 0 Å². The van der Waals surface area contributed by atoms with Gasteiger partial charge in [-0.3, -0.25) is 9.59 Å². The molecule has 0 spiro atoms. The van der Waals surface area contributed by atoms with Crippen LogP contribution in [0.4, 0.5) is 0 Å². The second kappa shape index (κ2) is 10.2. The summed E-state index contributed by atoms with van der Waals surface area (Å²) in [6.45, 7) is 4.49. The van der Waals surface area contributed by atoms with E-state index in [4.69, 9.17) is 0 Å². The van der Waals surface area contributed by atoms with Crippen molar-refractivity contribution in [2.24, 2.45) is 0 Å². The lowest BCUT2D eigenvalue weighted by Crippen LogP contribution is -2.51. The Morgan fingerprint density at radius 2 is 1.69 bits per heavy atom. The van der Waals surface area contributed by atoms with E-state index >= 15 is 0 Å². The number of carbonyl (C=O) groups is 2. The fourth-order valence-electron chi connectivity index (χ4n) is 4.13. The molecule has 1 fully saturated rings. The van der Waals surface area contributed by atoms with Crippen LogP contribution in [0.2, 0.25) is 0 Å². The van der Waals surface area contributed by atoms with E-state index in [-0.39, 0.29) is 17.9 Å². The average Bonchev–Trinajstić information content (AvgIpc) is 3.23. The fraction of sp³-hybridized carbons (Fsp3) is 0.440. The predicted molar refractivity (Wildman–Crippen MR) is 116 cm³/mol. The Labute approximate surface area is 174 Å². The highest BCUT2D eigenvalue weighted by Crippen LogP contribution is 2.20. The van der Waals surface area contributed by atoms with Crippen LogP contribution < -0.4 is 5.32 Å². The van der Waals surface area contributed by atoms with Crippen LogP contribution in [0.5, 0.6) is 0 Å². The molecule has 2 amide bonds. The standard InChI is InChI=1S/C25H32N2O2/c1-3-23(25(29)26-22-15-9-10-16-22)27(18-21-14-8-7-11-19(21)2)24(28)17-20-12-5-4-6-13-20/h4-8,11-14,22-23H,3,9-10,15-18H2,1-2H3,(H,26,29). The van der Waals surface area contributed by atoms with Crippen molar-refractivity contribution >= 4 is 11.8 Å². The van der Waals surface area contributed by atoms with E-state index in [1.165, 1.54) is 12.8 Å². The first kappa shape index (κ1) is 21.1. The number of nitrogens with zero attached hydrogens (tertiary/aromatic N) is 1. The van der Waals surface area contributed by atoms with Crippen molar-refractivity contribution in [2.75, 3.05) is 0 Å². The Kier molecular flexibility index (Phi) is 7.45. The number of nitrogens with one attached hydrogen (secondary N) is 1. The molecule has 1 aliphatic carbocycles. The van der Waals surface area contributed by atoms with Crippen molar-refractivity contribution in [3.63, 3.8) is 0 Å². The summed E-state index contributed by atoms with van der Waals surface area (Å²) in [6, 6.07) is 17.6. The van der Waals surface area contributed by atoms with E-state index in [9.17, 15) is 9.59 Å². The molecule has 1 aliphatic rings. The zero-order chi connectivity index (χ0) is 20.6. The summed E-state index contributed by atoms with van der Waals surface area (Å²) < 4.78 is 0. The zero-order valence-electron chi connectivity index (χ0n) is 17.6. The first-order valence-corrected chi connectivity index (χ1v) is 10.8. The molecule has 0 bridgehead atoms. The molecule has 1 N–H and O–H groups in total. The number of benzene rings is 2. The third-order valence-corrected chi connectivity index (χ3v) is 5.89. The van der Waals surface area contributed by atoms with Gasteiger partial charge in [-0.15, -0.1) is 0 Å². The predicted octanol–water partition coefficient (Wildman–Crippen LogP) is 4.40. The first-order valence-electron chi connectivity index (χ1n) is 10.8. The highest BCUT2D eigenvalue weighted by atomic mass is 16.2. The molecule has 1 unspecified atom stereocenters. The molecule has 0 radical (unpaired) electrons. The topological polar surface area (TPSA) is 49.4 Å². The quantitative estimate of drug-likeness (QED) is 0.724. The molecule has 0 saturated heterocycles. The molecule has 29 heavy (non-hydrogen) atoms. The molecular weight excluding hydrogens is 360 g/mol. The van der Waals surface area contributed by atoms with Gasteiger partial charge in [0.05, 0.1) is 6.42 Å². The van der Waals surface area contributed by atoms with Gasteiger partial charge in [0.1, 0.15) is 6.04 Å². The number of rotatable bonds is 8. The van der Waals surface area contributed by atoms with E-state index in [1.807, 2.05) is 55.5 Å². The van der Waals surface area contributed by atoms with Gasteiger partial charge in [0.25, 0.3) is 0 Å². The van der Waals surface area contributed by atoms with Gasteiger partial charge in [-0.05, 0) is 42.9 Å². The van der Waals surface area contributed by atoms with Crippen LogP contribution in [0.3, 0.4) is 0 Å². The molecule has 2 aromatic carbocycles. The Morgan fingerprint density at radius 1 is 1.03 bits per heavy atom.